The van der Waals surface area contributed by atoms with Gasteiger partial charge >= 0.3 is 0 Å². The first-order chi connectivity index (χ1) is 5.82. The highest BCUT2D eigenvalue weighted by molar-refractivity contribution is 6.05. The van der Waals surface area contributed by atoms with E-state index in [4.69, 9.17) is 4.42 Å². The largest absolute Gasteiger partial charge is 0.472 e. The molecule has 1 aromatic rings. The van der Waals surface area contributed by atoms with Crippen LogP contribution in [0.2, 0.25) is 0 Å². The minimum absolute atomic E-state index is 0.0153. The Hall–Kier alpha value is -1.05. The van der Waals surface area contributed by atoms with Gasteiger partial charge in [0.15, 0.2) is 5.78 Å². The number of hydrogen-bond donors (Lipinski definition) is 0. The third kappa shape index (κ3) is 0.554. The van der Waals surface area contributed by atoms with E-state index < -0.39 is 0 Å². The van der Waals surface area contributed by atoms with Crippen LogP contribution in [-0.2, 0) is 6.42 Å². The van der Waals surface area contributed by atoms with E-state index >= 15 is 0 Å². The fourth-order valence-electron chi connectivity index (χ4n) is 2.40. The lowest BCUT2D eigenvalue weighted by atomic mass is 9.66. The molecule has 1 heterocycles. The van der Waals surface area contributed by atoms with E-state index in [0.29, 0.717) is 5.78 Å². The fourth-order valence-corrected chi connectivity index (χ4v) is 2.40. The molecule has 0 unspecified atom stereocenters. The number of furan rings is 1. The summed E-state index contributed by atoms with van der Waals surface area (Å²) < 4.78 is 5.00. The van der Waals surface area contributed by atoms with Crippen LogP contribution in [0.15, 0.2) is 16.9 Å². The summed E-state index contributed by atoms with van der Waals surface area (Å²) in [5.41, 5.74) is 1.98. The van der Waals surface area contributed by atoms with Gasteiger partial charge in [0, 0.05) is 11.0 Å². The number of hydrogen-bond acceptors (Lipinski definition) is 2. The summed E-state index contributed by atoms with van der Waals surface area (Å²) in [6, 6.07) is 0. The molecule has 2 aliphatic rings. The molecule has 1 aromatic heterocycles. The van der Waals surface area contributed by atoms with Crippen molar-refractivity contribution in [1.29, 1.82) is 0 Å². The monoisotopic (exact) mass is 162 g/mol. The summed E-state index contributed by atoms with van der Waals surface area (Å²) >= 11 is 0. The summed E-state index contributed by atoms with van der Waals surface area (Å²) in [5.74, 6) is 0.331. The molecule has 2 aliphatic carbocycles. The maximum absolute atomic E-state index is 11.8. The number of carbonyl (C=O) groups is 1. The van der Waals surface area contributed by atoms with E-state index in [1.807, 2.05) is 0 Å². The third-order valence-corrected chi connectivity index (χ3v) is 3.31. The minimum Gasteiger partial charge on any atom is -0.472 e. The Bertz CT molecular complexity index is 344. The van der Waals surface area contributed by atoms with Gasteiger partial charge in [0.05, 0.1) is 11.8 Å². The quantitative estimate of drug-likeness (QED) is 0.585. The summed E-state index contributed by atoms with van der Waals surface area (Å²) in [7, 11) is 0. The van der Waals surface area contributed by atoms with Gasteiger partial charge in [0.25, 0.3) is 0 Å². The molecule has 0 radical (unpaired) electrons. The first-order valence-electron chi connectivity index (χ1n) is 4.42. The number of Topliss-reactive ketones (excluding diaryl/α,β-unsaturated/α-hetero) is 1. The smallest absolute Gasteiger partial charge is 0.172 e. The van der Waals surface area contributed by atoms with Crippen molar-refractivity contribution < 1.29 is 9.21 Å². The fraction of sp³-hybridized carbons (Fsp3) is 0.500. The first-order valence-corrected chi connectivity index (χ1v) is 4.42. The number of rotatable bonds is 0. The zero-order valence-corrected chi connectivity index (χ0v) is 6.80. The molecule has 1 spiro atoms. The van der Waals surface area contributed by atoms with Crippen LogP contribution in [0.4, 0.5) is 0 Å². The van der Waals surface area contributed by atoms with Crippen LogP contribution >= 0.6 is 0 Å². The molecule has 3 rings (SSSR count). The molecular weight excluding hydrogens is 152 g/mol. The van der Waals surface area contributed by atoms with Crippen molar-refractivity contribution in [3.8, 4) is 0 Å². The zero-order chi connectivity index (χ0) is 8.18. The van der Waals surface area contributed by atoms with Gasteiger partial charge < -0.3 is 4.42 Å². The molecule has 0 bridgehead atoms. The summed E-state index contributed by atoms with van der Waals surface area (Å²) in [6.45, 7) is 0. The first kappa shape index (κ1) is 6.46. The molecule has 1 fully saturated rings. The van der Waals surface area contributed by atoms with Gasteiger partial charge in [0.1, 0.15) is 6.26 Å². The predicted molar refractivity (Wildman–Crippen MR) is 43.0 cm³/mol. The van der Waals surface area contributed by atoms with Crippen LogP contribution in [0, 0.1) is 5.41 Å². The Morgan fingerprint density at radius 3 is 2.75 bits per heavy atom. The van der Waals surface area contributed by atoms with Crippen LogP contribution in [-0.4, -0.2) is 5.78 Å². The number of ketones is 1. The number of carbonyl (C=O) groups excluding carboxylic acids is 1. The Labute approximate surface area is 70.6 Å². The molecule has 62 valence electrons. The van der Waals surface area contributed by atoms with Gasteiger partial charge in [0.2, 0.25) is 0 Å². The Balaban J connectivity index is 2.10. The van der Waals surface area contributed by atoms with E-state index in [2.05, 4.69) is 0 Å². The normalized spacial score (nSPS) is 24.2. The van der Waals surface area contributed by atoms with Crippen LogP contribution in [0.3, 0.4) is 0 Å². The average Bonchev–Trinajstić information content (AvgIpc) is 2.49. The van der Waals surface area contributed by atoms with Gasteiger partial charge in [-0.05, 0) is 19.3 Å². The molecule has 0 atom stereocenters. The van der Waals surface area contributed by atoms with E-state index in [-0.39, 0.29) is 5.41 Å². The van der Waals surface area contributed by atoms with E-state index in [0.717, 1.165) is 30.4 Å². The van der Waals surface area contributed by atoms with Crippen molar-refractivity contribution in [3.05, 3.63) is 23.7 Å². The number of fused-ring (bicyclic) bond motifs is 1. The van der Waals surface area contributed by atoms with Crippen molar-refractivity contribution in [3.63, 3.8) is 0 Å². The van der Waals surface area contributed by atoms with Gasteiger partial charge in [-0.1, -0.05) is 6.42 Å². The van der Waals surface area contributed by atoms with Crippen molar-refractivity contribution in [2.24, 2.45) is 5.41 Å². The SMILES string of the molecule is O=C1c2cocc2CC12CCC2. The topological polar surface area (TPSA) is 30.2 Å². The molecule has 0 N–H and O–H groups in total. The Kier molecular flexibility index (Phi) is 0.978. The Morgan fingerprint density at radius 2 is 2.17 bits per heavy atom. The molecule has 2 heteroatoms. The summed E-state index contributed by atoms with van der Waals surface area (Å²) in [5, 5.41) is 0. The van der Waals surface area contributed by atoms with Crippen molar-refractivity contribution in [1.82, 2.24) is 0 Å². The molecule has 2 nitrogen and oxygen atoms in total. The van der Waals surface area contributed by atoms with Gasteiger partial charge in [-0.3, -0.25) is 4.79 Å². The second-order valence-electron chi connectivity index (χ2n) is 3.95. The minimum atomic E-state index is 0.0153. The van der Waals surface area contributed by atoms with Crippen LogP contribution in [0.25, 0.3) is 0 Å². The van der Waals surface area contributed by atoms with Crippen molar-refractivity contribution in [2.45, 2.75) is 25.7 Å². The summed E-state index contributed by atoms with van der Waals surface area (Å²) in [4.78, 5) is 11.8. The Morgan fingerprint density at radius 1 is 1.33 bits per heavy atom. The van der Waals surface area contributed by atoms with E-state index in [1.165, 1.54) is 6.42 Å². The van der Waals surface area contributed by atoms with Crippen molar-refractivity contribution in [2.75, 3.05) is 0 Å². The third-order valence-electron chi connectivity index (χ3n) is 3.31. The van der Waals surface area contributed by atoms with Gasteiger partial charge in [-0.25, -0.2) is 0 Å². The maximum atomic E-state index is 11.8. The van der Waals surface area contributed by atoms with Gasteiger partial charge in [-0.2, -0.15) is 0 Å². The second-order valence-corrected chi connectivity index (χ2v) is 3.95. The lowest BCUT2D eigenvalue weighted by molar-refractivity contribution is 0.0651. The maximum Gasteiger partial charge on any atom is 0.172 e. The average molecular weight is 162 g/mol. The molecule has 0 aromatic carbocycles. The highest BCUT2D eigenvalue weighted by atomic mass is 16.3. The molecule has 0 amide bonds. The van der Waals surface area contributed by atoms with Crippen LogP contribution in [0.1, 0.15) is 35.2 Å². The highest BCUT2D eigenvalue weighted by Crippen LogP contribution is 2.51. The van der Waals surface area contributed by atoms with E-state index in [1.54, 1.807) is 12.5 Å². The van der Waals surface area contributed by atoms with Crippen LogP contribution in [0.5, 0.6) is 0 Å². The molecule has 0 aliphatic heterocycles. The standard InChI is InChI=1S/C10H10O2/c11-9-8-6-12-5-7(8)4-10(9)2-1-3-10/h5-6H,1-4H2. The molecule has 12 heavy (non-hydrogen) atoms. The molecule has 0 saturated heterocycles. The lowest BCUT2D eigenvalue weighted by Crippen LogP contribution is -2.35. The van der Waals surface area contributed by atoms with Crippen molar-refractivity contribution >= 4 is 5.78 Å². The molecular formula is C10H10O2. The zero-order valence-electron chi connectivity index (χ0n) is 6.80. The summed E-state index contributed by atoms with van der Waals surface area (Å²) in [6.07, 6.45) is 7.64. The lowest BCUT2D eigenvalue weighted by Gasteiger charge is -2.36. The predicted octanol–water partition coefficient (Wildman–Crippen LogP) is 2.19. The molecule has 1 saturated carbocycles. The van der Waals surface area contributed by atoms with E-state index in [9.17, 15) is 4.79 Å². The second kappa shape index (κ2) is 1.82. The van der Waals surface area contributed by atoms with Crippen LogP contribution < -0.4 is 0 Å². The van der Waals surface area contributed by atoms with Gasteiger partial charge in [-0.15, -0.1) is 0 Å². The highest BCUT2D eigenvalue weighted by Gasteiger charge is 2.50.